The number of ether oxygens (including phenoxy) is 2. The molecule has 1 atom stereocenters. The van der Waals surface area contributed by atoms with Crippen molar-refractivity contribution in [3.8, 4) is 0 Å². The minimum atomic E-state index is -1.32. The Bertz CT molecular complexity index is 291. The number of carbonyl (C=O) groups excluding carboxylic acids is 2. The second kappa shape index (κ2) is 8.29. The standard InChI is InChI=1S/C10H18N2O6/c1-17-9(15)12(10(16)18-2)7(8(13)14)5-3-4-6-11/h7H,3-6,11H2,1-2H3,(H,13,14). The number of imide groups is 1. The first-order chi connectivity index (χ1) is 8.49. The third kappa shape index (κ3) is 4.58. The molecule has 3 N–H and O–H groups in total. The molecule has 0 aromatic heterocycles. The molecule has 2 amide bonds. The van der Waals surface area contributed by atoms with Gasteiger partial charge >= 0.3 is 18.2 Å². The van der Waals surface area contributed by atoms with Gasteiger partial charge in [0, 0.05) is 0 Å². The van der Waals surface area contributed by atoms with Crippen LogP contribution in [-0.4, -0.2) is 55.0 Å². The minimum absolute atomic E-state index is 0.0940. The normalized spacial score (nSPS) is 11.5. The second-order valence-electron chi connectivity index (χ2n) is 3.45. The Morgan fingerprint density at radius 3 is 2.00 bits per heavy atom. The Morgan fingerprint density at radius 1 is 1.17 bits per heavy atom. The average molecular weight is 262 g/mol. The molecule has 0 saturated carbocycles. The fraction of sp³-hybridized carbons (Fsp3) is 0.700. The van der Waals surface area contributed by atoms with Crippen molar-refractivity contribution in [2.75, 3.05) is 20.8 Å². The van der Waals surface area contributed by atoms with E-state index in [4.69, 9.17) is 10.8 Å². The van der Waals surface area contributed by atoms with Crippen molar-refractivity contribution >= 4 is 18.2 Å². The molecule has 0 aliphatic heterocycles. The highest BCUT2D eigenvalue weighted by molar-refractivity contribution is 5.93. The lowest BCUT2D eigenvalue weighted by Crippen LogP contribution is -2.48. The number of aliphatic carboxylic acids is 1. The maximum absolute atomic E-state index is 11.4. The Kier molecular flexibility index (Phi) is 7.45. The third-order valence-electron chi connectivity index (χ3n) is 2.27. The fourth-order valence-corrected chi connectivity index (χ4v) is 1.37. The molecule has 18 heavy (non-hydrogen) atoms. The van der Waals surface area contributed by atoms with Gasteiger partial charge in [0.1, 0.15) is 6.04 Å². The number of carboxylic acids is 1. The summed E-state index contributed by atoms with van der Waals surface area (Å²) in [5, 5.41) is 9.04. The molecule has 0 aromatic rings. The van der Waals surface area contributed by atoms with Crippen LogP contribution < -0.4 is 5.73 Å². The molecule has 0 aliphatic rings. The maximum Gasteiger partial charge on any atom is 0.419 e. The van der Waals surface area contributed by atoms with Crippen LogP contribution in [0.4, 0.5) is 9.59 Å². The number of hydrogen-bond acceptors (Lipinski definition) is 6. The van der Waals surface area contributed by atoms with Crippen molar-refractivity contribution in [3.63, 3.8) is 0 Å². The molecule has 0 aromatic carbocycles. The predicted octanol–water partition coefficient (Wildman–Crippen LogP) is 0.403. The Balaban J connectivity index is 4.91. The molecule has 0 spiro atoms. The van der Waals surface area contributed by atoms with Crippen LogP contribution in [0.25, 0.3) is 0 Å². The summed E-state index contributed by atoms with van der Waals surface area (Å²) in [5.74, 6) is -1.30. The summed E-state index contributed by atoms with van der Waals surface area (Å²) in [7, 11) is 2.11. The van der Waals surface area contributed by atoms with Gasteiger partial charge in [0.2, 0.25) is 0 Å². The van der Waals surface area contributed by atoms with Gasteiger partial charge in [-0.25, -0.2) is 14.4 Å². The van der Waals surface area contributed by atoms with E-state index < -0.39 is 24.2 Å². The van der Waals surface area contributed by atoms with E-state index in [1.165, 1.54) is 0 Å². The number of nitrogens with zero attached hydrogens (tertiary/aromatic N) is 1. The van der Waals surface area contributed by atoms with Gasteiger partial charge in [-0.15, -0.1) is 0 Å². The zero-order valence-electron chi connectivity index (χ0n) is 10.4. The van der Waals surface area contributed by atoms with Crippen LogP contribution in [0, 0.1) is 0 Å². The van der Waals surface area contributed by atoms with Crippen LogP contribution in [-0.2, 0) is 14.3 Å². The van der Waals surface area contributed by atoms with E-state index in [2.05, 4.69) is 9.47 Å². The molecule has 104 valence electrons. The summed E-state index contributed by atoms with van der Waals surface area (Å²) in [6.45, 7) is 0.406. The molecule has 1 unspecified atom stereocenters. The van der Waals surface area contributed by atoms with Gasteiger partial charge in [0.25, 0.3) is 0 Å². The molecule has 0 fully saturated rings. The van der Waals surface area contributed by atoms with E-state index in [0.717, 1.165) is 14.2 Å². The van der Waals surface area contributed by atoms with E-state index >= 15 is 0 Å². The van der Waals surface area contributed by atoms with Crippen molar-refractivity contribution in [3.05, 3.63) is 0 Å². The van der Waals surface area contributed by atoms with Crippen LogP contribution >= 0.6 is 0 Å². The monoisotopic (exact) mass is 262 g/mol. The highest BCUT2D eigenvalue weighted by atomic mass is 16.6. The van der Waals surface area contributed by atoms with E-state index in [1.54, 1.807) is 0 Å². The maximum atomic E-state index is 11.4. The third-order valence-corrected chi connectivity index (χ3v) is 2.27. The number of carboxylic acid groups (broad SMARTS) is 1. The quantitative estimate of drug-likeness (QED) is 0.665. The highest BCUT2D eigenvalue weighted by Crippen LogP contribution is 2.12. The van der Waals surface area contributed by atoms with E-state index in [-0.39, 0.29) is 6.42 Å². The summed E-state index contributed by atoms with van der Waals surface area (Å²) < 4.78 is 8.74. The summed E-state index contributed by atoms with van der Waals surface area (Å²) in [5.41, 5.74) is 5.29. The van der Waals surface area contributed by atoms with Crippen molar-refractivity contribution < 1.29 is 29.0 Å². The van der Waals surface area contributed by atoms with Crippen molar-refractivity contribution in [2.24, 2.45) is 5.73 Å². The molecule has 8 nitrogen and oxygen atoms in total. The molecular formula is C10H18N2O6. The van der Waals surface area contributed by atoms with E-state index in [9.17, 15) is 14.4 Å². The van der Waals surface area contributed by atoms with E-state index in [0.29, 0.717) is 24.3 Å². The number of amides is 2. The van der Waals surface area contributed by atoms with Gasteiger partial charge in [-0.1, -0.05) is 0 Å². The van der Waals surface area contributed by atoms with Gasteiger partial charge in [-0.05, 0) is 25.8 Å². The van der Waals surface area contributed by atoms with Gasteiger partial charge in [-0.2, -0.15) is 4.90 Å². The molecule has 0 saturated heterocycles. The Hall–Kier alpha value is -1.83. The van der Waals surface area contributed by atoms with E-state index in [1.807, 2.05) is 0 Å². The van der Waals surface area contributed by atoms with Crippen LogP contribution in [0.1, 0.15) is 19.3 Å². The lowest BCUT2D eigenvalue weighted by Gasteiger charge is -2.24. The molecule has 0 aliphatic carbocycles. The van der Waals surface area contributed by atoms with Crippen molar-refractivity contribution in [1.29, 1.82) is 0 Å². The number of carbonyl (C=O) groups is 3. The second-order valence-corrected chi connectivity index (χ2v) is 3.45. The van der Waals surface area contributed by atoms with Crippen LogP contribution in [0.15, 0.2) is 0 Å². The average Bonchev–Trinajstić information content (AvgIpc) is 2.36. The first-order valence-corrected chi connectivity index (χ1v) is 5.37. The highest BCUT2D eigenvalue weighted by Gasteiger charge is 2.36. The van der Waals surface area contributed by atoms with Gasteiger partial charge in [0.05, 0.1) is 14.2 Å². The molecule has 0 heterocycles. The van der Waals surface area contributed by atoms with Crippen molar-refractivity contribution in [2.45, 2.75) is 25.3 Å². The molecule has 8 heteroatoms. The smallest absolute Gasteiger partial charge is 0.419 e. The van der Waals surface area contributed by atoms with Crippen LogP contribution in [0.5, 0.6) is 0 Å². The van der Waals surface area contributed by atoms with Crippen LogP contribution in [0.3, 0.4) is 0 Å². The Morgan fingerprint density at radius 2 is 1.67 bits per heavy atom. The number of hydrogen-bond donors (Lipinski definition) is 2. The summed E-state index contributed by atoms with van der Waals surface area (Å²) in [6, 6.07) is -1.32. The SMILES string of the molecule is COC(=O)N(C(=O)OC)C(CCCCN)C(=O)O. The lowest BCUT2D eigenvalue weighted by atomic mass is 10.1. The summed E-state index contributed by atoms with van der Waals surface area (Å²) in [4.78, 5) is 34.3. The fourth-order valence-electron chi connectivity index (χ4n) is 1.37. The predicted molar refractivity (Wildman–Crippen MR) is 61.0 cm³/mol. The van der Waals surface area contributed by atoms with Crippen molar-refractivity contribution in [1.82, 2.24) is 4.90 Å². The number of unbranched alkanes of at least 4 members (excludes halogenated alkanes) is 1. The number of nitrogens with two attached hydrogens (primary N) is 1. The molecule has 0 rings (SSSR count). The number of rotatable bonds is 6. The number of methoxy groups -OCH3 is 2. The summed E-state index contributed by atoms with van der Waals surface area (Å²) in [6.07, 6.45) is -0.974. The van der Waals surface area contributed by atoms with Crippen LogP contribution in [0.2, 0.25) is 0 Å². The topological polar surface area (TPSA) is 119 Å². The minimum Gasteiger partial charge on any atom is -0.480 e. The first kappa shape index (κ1) is 16.2. The summed E-state index contributed by atoms with van der Waals surface area (Å²) >= 11 is 0. The first-order valence-electron chi connectivity index (χ1n) is 5.37. The largest absolute Gasteiger partial charge is 0.480 e. The van der Waals surface area contributed by atoms with Gasteiger partial charge in [-0.3, -0.25) is 0 Å². The van der Waals surface area contributed by atoms with Gasteiger partial charge < -0.3 is 20.3 Å². The lowest BCUT2D eigenvalue weighted by molar-refractivity contribution is -0.142. The zero-order chi connectivity index (χ0) is 14.1. The zero-order valence-corrected chi connectivity index (χ0v) is 10.4. The molecular weight excluding hydrogens is 244 g/mol. The molecule has 0 bridgehead atoms. The Labute approximate surface area is 105 Å². The molecule has 0 radical (unpaired) electrons. The van der Waals surface area contributed by atoms with Gasteiger partial charge in [0.15, 0.2) is 0 Å².